The maximum absolute atomic E-state index is 12.0. The first-order valence-corrected chi connectivity index (χ1v) is 7.19. The van der Waals surface area contributed by atoms with Gasteiger partial charge in [0.25, 0.3) is 0 Å². The molecule has 1 amide bonds. The van der Waals surface area contributed by atoms with Gasteiger partial charge >= 0.3 is 0 Å². The number of hydrogen-bond donors (Lipinski definition) is 2. The summed E-state index contributed by atoms with van der Waals surface area (Å²) in [5, 5.41) is 6.23. The molecule has 2 aromatic rings. The summed E-state index contributed by atoms with van der Waals surface area (Å²) in [6, 6.07) is 10.3. The SMILES string of the molecule is CC(C)NCc1nccn1CC(=O)NCc1ccccc1. The smallest absolute Gasteiger partial charge is 0.240 e. The standard InChI is InChI=1S/C16H22N4O/c1-13(2)18-11-15-17-8-9-20(15)12-16(21)19-10-14-6-4-3-5-7-14/h3-9,13,18H,10-12H2,1-2H3,(H,19,21). The lowest BCUT2D eigenvalue weighted by atomic mass is 10.2. The Morgan fingerprint density at radius 1 is 1.24 bits per heavy atom. The average molecular weight is 286 g/mol. The molecule has 0 saturated heterocycles. The Kier molecular flexibility index (Phi) is 5.51. The first-order chi connectivity index (χ1) is 10.1. The molecule has 0 atom stereocenters. The summed E-state index contributed by atoms with van der Waals surface area (Å²) in [6.45, 7) is 5.67. The van der Waals surface area contributed by atoms with Crippen molar-refractivity contribution in [2.24, 2.45) is 0 Å². The van der Waals surface area contributed by atoms with E-state index in [1.165, 1.54) is 0 Å². The molecule has 0 fully saturated rings. The summed E-state index contributed by atoms with van der Waals surface area (Å²) >= 11 is 0. The molecular weight excluding hydrogens is 264 g/mol. The van der Waals surface area contributed by atoms with Gasteiger partial charge < -0.3 is 15.2 Å². The third kappa shape index (κ3) is 5.04. The number of nitrogens with zero attached hydrogens (tertiary/aromatic N) is 2. The van der Waals surface area contributed by atoms with Crippen molar-refractivity contribution in [3.8, 4) is 0 Å². The molecule has 2 rings (SSSR count). The molecular formula is C16H22N4O. The van der Waals surface area contributed by atoms with Crippen molar-refractivity contribution in [1.29, 1.82) is 0 Å². The van der Waals surface area contributed by atoms with Gasteiger partial charge in [-0.25, -0.2) is 4.98 Å². The summed E-state index contributed by atoms with van der Waals surface area (Å²) in [7, 11) is 0. The van der Waals surface area contributed by atoms with Crippen LogP contribution >= 0.6 is 0 Å². The predicted molar refractivity (Wildman–Crippen MR) is 82.5 cm³/mol. The zero-order valence-electron chi connectivity index (χ0n) is 12.5. The van der Waals surface area contributed by atoms with Crippen LogP contribution in [0.3, 0.4) is 0 Å². The van der Waals surface area contributed by atoms with E-state index in [0.29, 0.717) is 25.7 Å². The molecule has 0 aliphatic carbocycles. The Morgan fingerprint density at radius 3 is 2.71 bits per heavy atom. The highest BCUT2D eigenvalue weighted by atomic mass is 16.1. The van der Waals surface area contributed by atoms with Crippen LogP contribution in [-0.2, 0) is 24.4 Å². The second kappa shape index (κ2) is 7.59. The quantitative estimate of drug-likeness (QED) is 0.814. The lowest BCUT2D eigenvalue weighted by molar-refractivity contribution is -0.121. The molecule has 1 aromatic heterocycles. The van der Waals surface area contributed by atoms with E-state index in [1.807, 2.05) is 41.1 Å². The second-order valence-electron chi connectivity index (χ2n) is 5.27. The van der Waals surface area contributed by atoms with Crippen molar-refractivity contribution in [3.05, 3.63) is 54.1 Å². The third-order valence-corrected chi connectivity index (χ3v) is 3.12. The minimum absolute atomic E-state index is 0.0114. The van der Waals surface area contributed by atoms with Crippen LogP contribution in [0.1, 0.15) is 25.2 Å². The van der Waals surface area contributed by atoms with Crippen molar-refractivity contribution in [1.82, 2.24) is 20.2 Å². The second-order valence-corrected chi connectivity index (χ2v) is 5.27. The summed E-state index contributed by atoms with van der Waals surface area (Å²) in [5.74, 6) is 0.862. The summed E-state index contributed by atoms with van der Waals surface area (Å²) < 4.78 is 1.87. The molecule has 0 spiro atoms. The van der Waals surface area contributed by atoms with Gasteiger partial charge in [0.05, 0.1) is 6.54 Å². The minimum atomic E-state index is -0.0114. The van der Waals surface area contributed by atoms with Gasteiger partial charge in [0.15, 0.2) is 0 Å². The topological polar surface area (TPSA) is 59.0 Å². The monoisotopic (exact) mass is 286 g/mol. The number of aromatic nitrogens is 2. The lowest BCUT2D eigenvalue weighted by Crippen LogP contribution is -2.29. The lowest BCUT2D eigenvalue weighted by Gasteiger charge is -2.11. The molecule has 0 unspecified atom stereocenters. The van der Waals surface area contributed by atoms with E-state index in [0.717, 1.165) is 11.4 Å². The Labute approximate surface area is 125 Å². The van der Waals surface area contributed by atoms with Crippen molar-refractivity contribution >= 4 is 5.91 Å². The van der Waals surface area contributed by atoms with E-state index in [4.69, 9.17) is 0 Å². The zero-order valence-corrected chi connectivity index (χ0v) is 12.5. The summed E-state index contributed by atoms with van der Waals surface area (Å²) in [4.78, 5) is 16.3. The van der Waals surface area contributed by atoms with Gasteiger partial charge in [-0.3, -0.25) is 4.79 Å². The average Bonchev–Trinajstić information content (AvgIpc) is 2.91. The molecule has 1 heterocycles. The van der Waals surface area contributed by atoms with E-state index in [9.17, 15) is 4.79 Å². The Hall–Kier alpha value is -2.14. The molecule has 2 N–H and O–H groups in total. The van der Waals surface area contributed by atoms with E-state index < -0.39 is 0 Å². The van der Waals surface area contributed by atoms with E-state index in [-0.39, 0.29) is 5.91 Å². The van der Waals surface area contributed by atoms with Gasteiger partial charge in [0.1, 0.15) is 12.4 Å². The highest BCUT2D eigenvalue weighted by Crippen LogP contribution is 2.00. The highest BCUT2D eigenvalue weighted by Gasteiger charge is 2.07. The number of carbonyl (C=O) groups excluding carboxylic acids is 1. The fourth-order valence-corrected chi connectivity index (χ4v) is 1.95. The van der Waals surface area contributed by atoms with E-state index in [2.05, 4.69) is 29.5 Å². The van der Waals surface area contributed by atoms with Crippen LogP contribution in [0.15, 0.2) is 42.7 Å². The van der Waals surface area contributed by atoms with Crippen LogP contribution in [-0.4, -0.2) is 21.5 Å². The summed E-state index contributed by atoms with van der Waals surface area (Å²) in [6.07, 6.45) is 3.56. The number of amides is 1. The van der Waals surface area contributed by atoms with Crippen LogP contribution in [0.2, 0.25) is 0 Å². The van der Waals surface area contributed by atoms with Crippen molar-refractivity contribution < 1.29 is 4.79 Å². The Morgan fingerprint density at radius 2 is 2.00 bits per heavy atom. The predicted octanol–water partition coefficient (Wildman–Crippen LogP) is 1.70. The number of nitrogens with one attached hydrogen (secondary N) is 2. The maximum atomic E-state index is 12.0. The van der Waals surface area contributed by atoms with Gasteiger partial charge in [-0.15, -0.1) is 0 Å². The molecule has 21 heavy (non-hydrogen) atoms. The first-order valence-electron chi connectivity index (χ1n) is 7.19. The molecule has 5 nitrogen and oxygen atoms in total. The normalized spacial score (nSPS) is 10.8. The maximum Gasteiger partial charge on any atom is 0.240 e. The van der Waals surface area contributed by atoms with Crippen LogP contribution in [0.5, 0.6) is 0 Å². The van der Waals surface area contributed by atoms with E-state index >= 15 is 0 Å². The largest absolute Gasteiger partial charge is 0.350 e. The fraction of sp³-hybridized carbons (Fsp3) is 0.375. The molecule has 1 aromatic carbocycles. The molecule has 0 bridgehead atoms. The molecule has 0 aliphatic rings. The van der Waals surface area contributed by atoms with Gasteiger partial charge in [0, 0.05) is 25.0 Å². The molecule has 0 saturated carbocycles. The summed E-state index contributed by atoms with van der Waals surface area (Å²) in [5.41, 5.74) is 1.10. The minimum Gasteiger partial charge on any atom is -0.350 e. The first kappa shape index (κ1) is 15.3. The zero-order chi connectivity index (χ0) is 15.1. The molecule has 5 heteroatoms. The third-order valence-electron chi connectivity index (χ3n) is 3.12. The van der Waals surface area contributed by atoms with Gasteiger partial charge in [-0.2, -0.15) is 0 Å². The molecule has 0 aliphatic heterocycles. The van der Waals surface area contributed by atoms with Crippen LogP contribution in [0.25, 0.3) is 0 Å². The van der Waals surface area contributed by atoms with Gasteiger partial charge in [0.2, 0.25) is 5.91 Å². The van der Waals surface area contributed by atoms with E-state index in [1.54, 1.807) is 6.20 Å². The van der Waals surface area contributed by atoms with Gasteiger partial charge in [-0.1, -0.05) is 44.2 Å². The molecule has 112 valence electrons. The number of rotatable bonds is 7. The number of carbonyl (C=O) groups is 1. The fourth-order valence-electron chi connectivity index (χ4n) is 1.95. The Bertz CT molecular complexity index is 563. The number of hydrogen-bond acceptors (Lipinski definition) is 3. The number of imidazole rings is 1. The van der Waals surface area contributed by atoms with Gasteiger partial charge in [-0.05, 0) is 5.56 Å². The number of benzene rings is 1. The molecule has 0 radical (unpaired) electrons. The van der Waals surface area contributed by atoms with Crippen molar-refractivity contribution in [3.63, 3.8) is 0 Å². The Balaban J connectivity index is 1.84. The van der Waals surface area contributed by atoms with Crippen LogP contribution < -0.4 is 10.6 Å². The van der Waals surface area contributed by atoms with Crippen LogP contribution in [0.4, 0.5) is 0 Å². The van der Waals surface area contributed by atoms with Crippen molar-refractivity contribution in [2.75, 3.05) is 0 Å². The van der Waals surface area contributed by atoms with Crippen LogP contribution in [0, 0.1) is 0 Å². The highest BCUT2D eigenvalue weighted by molar-refractivity contribution is 5.75. The van der Waals surface area contributed by atoms with Crippen molar-refractivity contribution in [2.45, 2.75) is 39.5 Å².